The molecule has 0 aromatic heterocycles. The lowest BCUT2D eigenvalue weighted by Gasteiger charge is -2.29. The Morgan fingerprint density at radius 2 is 1.49 bits per heavy atom. The predicted octanol–water partition coefficient (Wildman–Crippen LogP) is 3.81. The summed E-state index contributed by atoms with van der Waals surface area (Å²) in [5.41, 5.74) is 5.63. The first-order valence-electron chi connectivity index (χ1n) is 11.6. The molecule has 2 aromatic carbocycles. The van der Waals surface area contributed by atoms with E-state index in [9.17, 15) is 19.2 Å². The van der Waals surface area contributed by atoms with Crippen LogP contribution in [-0.4, -0.2) is 56.2 Å². The molecule has 2 rings (SSSR count). The van der Waals surface area contributed by atoms with Gasteiger partial charge in [-0.3, -0.25) is 4.79 Å². The van der Waals surface area contributed by atoms with Crippen LogP contribution in [0.25, 0.3) is 0 Å². The Hall–Kier alpha value is -4.12. The number of carbonyl (C=O) groups excluding carboxylic acids is 4. The van der Waals surface area contributed by atoms with Gasteiger partial charge in [-0.1, -0.05) is 24.3 Å². The predicted molar refractivity (Wildman–Crippen MR) is 130 cm³/mol. The number of rotatable bonds is 11. The maximum absolute atomic E-state index is 12.7. The van der Waals surface area contributed by atoms with Crippen molar-refractivity contribution < 1.29 is 47.6 Å². The smallest absolute Gasteiger partial charge is 0.468 e. The minimum absolute atomic E-state index is 0.0560. The van der Waals surface area contributed by atoms with Gasteiger partial charge >= 0.3 is 24.2 Å². The normalized spacial score (nSPS) is 12.9. The van der Waals surface area contributed by atoms with Crippen molar-refractivity contribution in [3.63, 3.8) is 0 Å². The van der Waals surface area contributed by atoms with Crippen LogP contribution >= 0.6 is 0 Å². The van der Waals surface area contributed by atoms with Crippen LogP contribution in [0, 0.1) is 0 Å². The van der Waals surface area contributed by atoms with E-state index in [1.165, 1.54) is 25.3 Å². The highest BCUT2D eigenvalue weighted by Gasteiger charge is 2.38. The van der Waals surface area contributed by atoms with Crippen LogP contribution in [0.2, 0.25) is 0 Å². The van der Waals surface area contributed by atoms with Crippen molar-refractivity contribution in [1.82, 2.24) is 0 Å². The van der Waals surface area contributed by atoms with E-state index >= 15 is 0 Å². The summed E-state index contributed by atoms with van der Waals surface area (Å²) < 4.78 is 30.2. The second kappa shape index (κ2) is 13.8. The van der Waals surface area contributed by atoms with Gasteiger partial charge in [0.05, 0.1) is 25.9 Å². The second-order valence-electron chi connectivity index (χ2n) is 7.96. The Kier molecular flexibility index (Phi) is 10.9. The summed E-state index contributed by atoms with van der Waals surface area (Å²) >= 11 is 0. The molecule has 2 N–H and O–H groups in total. The summed E-state index contributed by atoms with van der Waals surface area (Å²) in [4.78, 5) is 48.8. The van der Waals surface area contributed by atoms with Crippen molar-refractivity contribution in [2.45, 2.75) is 45.3 Å². The van der Waals surface area contributed by atoms with Gasteiger partial charge in [-0.15, -0.1) is 0 Å². The molecule has 11 nitrogen and oxygen atoms in total. The Bertz CT molecular complexity index is 1090. The molecule has 0 aliphatic heterocycles. The zero-order valence-electron chi connectivity index (χ0n) is 21.2. The summed E-state index contributed by atoms with van der Waals surface area (Å²) in [7, 11) is 1.19. The van der Waals surface area contributed by atoms with E-state index < -0.39 is 35.9 Å². The highest BCUT2D eigenvalue weighted by atomic mass is 16.7. The Balaban J connectivity index is 2.27. The fourth-order valence-corrected chi connectivity index (χ4v) is 3.48. The summed E-state index contributed by atoms with van der Waals surface area (Å²) in [5, 5.41) is 0. The zero-order valence-corrected chi connectivity index (χ0v) is 21.2. The molecule has 0 saturated heterocycles. The maximum Gasteiger partial charge on any atom is 0.513 e. The zero-order chi connectivity index (χ0) is 27.4. The van der Waals surface area contributed by atoms with E-state index in [2.05, 4.69) is 0 Å². The average molecular weight is 518 g/mol. The van der Waals surface area contributed by atoms with Gasteiger partial charge in [0.2, 0.25) is 0 Å². The van der Waals surface area contributed by atoms with Gasteiger partial charge in [-0.25, -0.2) is 14.4 Å². The molecule has 37 heavy (non-hydrogen) atoms. The van der Waals surface area contributed by atoms with Gasteiger partial charge in [0.15, 0.2) is 11.5 Å². The second-order valence-corrected chi connectivity index (χ2v) is 7.96. The lowest BCUT2D eigenvalue weighted by molar-refractivity contribution is -0.148. The molecule has 0 radical (unpaired) electrons. The molecule has 0 amide bonds. The van der Waals surface area contributed by atoms with Crippen molar-refractivity contribution in [3.05, 3.63) is 59.7 Å². The van der Waals surface area contributed by atoms with Gasteiger partial charge in [0.1, 0.15) is 11.6 Å². The first-order chi connectivity index (χ1) is 17.6. The summed E-state index contributed by atoms with van der Waals surface area (Å²) in [6.45, 7) is 4.94. The van der Waals surface area contributed by atoms with Gasteiger partial charge < -0.3 is 34.2 Å². The van der Waals surface area contributed by atoms with Crippen molar-refractivity contribution in [2.24, 2.45) is 5.73 Å². The van der Waals surface area contributed by atoms with Crippen molar-refractivity contribution in [2.75, 3.05) is 20.3 Å². The molecule has 0 spiro atoms. The third kappa shape index (κ3) is 8.80. The lowest BCUT2D eigenvalue weighted by atomic mass is 9.86. The Morgan fingerprint density at radius 1 is 0.892 bits per heavy atom. The minimum Gasteiger partial charge on any atom is -0.468 e. The van der Waals surface area contributed by atoms with Crippen LogP contribution < -0.4 is 15.2 Å². The van der Waals surface area contributed by atoms with E-state index in [1.54, 1.807) is 51.1 Å². The van der Waals surface area contributed by atoms with Crippen molar-refractivity contribution >= 4 is 24.2 Å². The molecule has 0 aliphatic rings. The summed E-state index contributed by atoms with van der Waals surface area (Å²) in [5.74, 6) is -1.57. The van der Waals surface area contributed by atoms with E-state index in [4.69, 9.17) is 34.2 Å². The van der Waals surface area contributed by atoms with Gasteiger partial charge in [-0.05, 0) is 50.6 Å². The van der Waals surface area contributed by atoms with Crippen LogP contribution in [0.3, 0.4) is 0 Å². The molecule has 2 aromatic rings. The molecular formula is C26H31NO10. The molecule has 0 aliphatic carbocycles. The molecule has 11 heteroatoms. The number of esters is 2. The number of methoxy groups -OCH3 is 1. The van der Waals surface area contributed by atoms with Gasteiger partial charge in [0, 0.05) is 12.8 Å². The molecule has 0 saturated carbocycles. The average Bonchev–Trinajstić information content (AvgIpc) is 2.85. The fraction of sp³-hybridized carbons (Fsp3) is 0.385. The fourth-order valence-electron chi connectivity index (χ4n) is 3.48. The van der Waals surface area contributed by atoms with Crippen molar-refractivity contribution in [3.8, 4) is 11.5 Å². The van der Waals surface area contributed by atoms with E-state index in [1.807, 2.05) is 0 Å². The van der Waals surface area contributed by atoms with Crippen LogP contribution in [0.15, 0.2) is 48.5 Å². The van der Waals surface area contributed by atoms with E-state index in [0.29, 0.717) is 11.1 Å². The monoisotopic (exact) mass is 517 g/mol. The highest BCUT2D eigenvalue weighted by molar-refractivity contribution is 5.89. The van der Waals surface area contributed by atoms with Crippen LogP contribution in [0.1, 0.15) is 43.1 Å². The largest absolute Gasteiger partial charge is 0.513 e. The number of benzene rings is 2. The standard InChI is InChI=1S/C26H31NO10/c1-5-33-24(30)36-20-13-12-18(14-21(20)37-25(31)34-6-2)16-26(27,23(29)32-4)15-17(3)35-22(28)19-10-8-7-9-11-19/h7-14,17H,5-6,15-16,27H2,1-4H3/t17?,26-/m1/s1. The quantitative estimate of drug-likeness (QED) is 0.263. The Morgan fingerprint density at radius 3 is 2.05 bits per heavy atom. The van der Waals surface area contributed by atoms with E-state index in [0.717, 1.165) is 0 Å². The molecule has 200 valence electrons. The molecular weight excluding hydrogens is 486 g/mol. The number of hydrogen-bond donors (Lipinski definition) is 1. The van der Waals surface area contributed by atoms with E-state index in [-0.39, 0.29) is 37.6 Å². The number of carbonyl (C=O) groups is 4. The molecule has 2 atom stereocenters. The first-order valence-corrected chi connectivity index (χ1v) is 11.6. The molecule has 0 bridgehead atoms. The van der Waals surface area contributed by atoms with Crippen molar-refractivity contribution in [1.29, 1.82) is 0 Å². The van der Waals surface area contributed by atoms with Gasteiger partial charge in [0.25, 0.3) is 0 Å². The Labute approximate surface area is 214 Å². The molecule has 0 heterocycles. The highest BCUT2D eigenvalue weighted by Crippen LogP contribution is 2.31. The molecule has 0 fully saturated rings. The third-order valence-corrected chi connectivity index (χ3v) is 5.00. The minimum atomic E-state index is -1.62. The SMILES string of the molecule is CCOC(=O)Oc1ccc(C[C@](N)(CC(C)OC(=O)c2ccccc2)C(=O)OC)cc1OC(=O)OCC. The van der Waals surface area contributed by atoms with Gasteiger partial charge in [-0.2, -0.15) is 0 Å². The molecule has 1 unspecified atom stereocenters. The first kappa shape index (κ1) is 29.1. The summed E-state index contributed by atoms with van der Waals surface area (Å²) in [6.07, 6.45) is -2.94. The lowest BCUT2D eigenvalue weighted by Crippen LogP contribution is -2.53. The third-order valence-electron chi connectivity index (χ3n) is 5.00. The van der Waals surface area contributed by atoms with Crippen LogP contribution in [-0.2, 0) is 30.2 Å². The topological polar surface area (TPSA) is 150 Å². The maximum atomic E-state index is 12.7. The number of ether oxygens (including phenoxy) is 6. The summed E-state index contributed by atoms with van der Waals surface area (Å²) in [6, 6.07) is 12.6. The van der Waals surface area contributed by atoms with Crippen LogP contribution in [0.4, 0.5) is 9.59 Å². The van der Waals surface area contributed by atoms with Crippen LogP contribution in [0.5, 0.6) is 11.5 Å². The number of hydrogen-bond acceptors (Lipinski definition) is 11. The number of nitrogens with two attached hydrogens (primary N) is 1.